The first-order valence-corrected chi connectivity index (χ1v) is 3.54. The molecule has 5 heteroatoms. The number of carboxylic acids is 1. The third kappa shape index (κ3) is 8.48. The van der Waals surface area contributed by atoms with E-state index in [-0.39, 0.29) is 5.91 Å². The van der Waals surface area contributed by atoms with E-state index in [2.05, 4.69) is 5.32 Å². The van der Waals surface area contributed by atoms with E-state index in [4.69, 9.17) is 10.8 Å². The number of hydrogen-bond donors (Lipinski definition) is 3. The van der Waals surface area contributed by atoms with Crippen LogP contribution in [0, 0.1) is 0 Å². The van der Waals surface area contributed by atoms with Crippen molar-refractivity contribution in [2.75, 3.05) is 6.54 Å². The lowest BCUT2D eigenvalue weighted by Crippen LogP contribution is -2.14. The molecule has 0 aliphatic rings. The average molecular weight is 172 g/mol. The maximum atomic E-state index is 10.2. The van der Waals surface area contributed by atoms with Gasteiger partial charge in [-0.25, -0.2) is 4.79 Å². The SMILES string of the molecule is NC(=O)CCCN/C=C/C(=O)O. The predicted octanol–water partition coefficient (Wildman–Crippen LogP) is -0.560. The summed E-state index contributed by atoms with van der Waals surface area (Å²) in [5.41, 5.74) is 4.88. The summed E-state index contributed by atoms with van der Waals surface area (Å²) < 4.78 is 0. The van der Waals surface area contributed by atoms with E-state index < -0.39 is 5.97 Å². The van der Waals surface area contributed by atoms with Gasteiger partial charge in [0.1, 0.15) is 0 Å². The van der Waals surface area contributed by atoms with Crippen LogP contribution < -0.4 is 11.1 Å². The Morgan fingerprint density at radius 1 is 1.50 bits per heavy atom. The van der Waals surface area contributed by atoms with Gasteiger partial charge in [0.2, 0.25) is 5.91 Å². The minimum atomic E-state index is -1.00. The molecule has 0 radical (unpaired) electrons. The molecular weight excluding hydrogens is 160 g/mol. The van der Waals surface area contributed by atoms with Crippen LogP contribution in [-0.4, -0.2) is 23.5 Å². The average Bonchev–Trinajstić information content (AvgIpc) is 1.95. The van der Waals surface area contributed by atoms with Crippen LogP contribution in [0.15, 0.2) is 12.3 Å². The van der Waals surface area contributed by atoms with E-state index >= 15 is 0 Å². The van der Waals surface area contributed by atoms with E-state index in [1.54, 1.807) is 0 Å². The fourth-order valence-electron chi connectivity index (χ4n) is 0.578. The zero-order valence-corrected chi connectivity index (χ0v) is 6.62. The van der Waals surface area contributed by atoms with Gasteiger partial charge in [-0.2, -0.15) is 0 Å². The number of carbonyl (C=O) groups is 2. The number of nitrogens with one attached hydrogen (secondary N) is 1. The van der Waals surface area contributed by atoms with Crippen molar-refractivity contribution < 1.29 is 14.7 Å². The van der Waals surface area contributed by atoms with E-state index in [1.165, 1.54) is 6.20 Å². The number of rotatable bonds is 6. The molecule has 68 valence electrons. The molecule has 0 fully saturated rings. The van der Waals surface area contributed by atoms with Gasteiger partial charge in [0.05, 0.1) is 0 Å². The van der Waals surface area contributed by atoms with Crippen LogP contribution in [-0.2, 0) is 9.59 Å². The third-order valence-electron chi connectivity index (χ3n) is 1.09. The lowest BCUT2D eigenvalue weighted by Gasteiger charge is -1.96. The van der Waals surface area contributed by atoms with Gasteiger partial charge in [0, 0.05) is 25.2 Å². The largest absolute Gasteiger partial charge is 0.478 e. The smallest absolute Gasteiger partial charge is 0.329 e. The molecule has 0 saturated carbocycles. The minimum Gasteiger partial charge on any atom is -0.478 e. The first-order chi connectivity index (χ1) is 5.63. The van der Waals surface area contributed by atoms with Crippen LogP contribution in [0.4, 0.5) is 0 Å². The molecule has 0 unspecified atom stereocenters. The van der Waals surface area contributed by atoms with Crippen LogP contribution in [0.3, 0.4) is 0 Å². The van der Waals surface area contributed by atoms with Crippen molar-refractivity contribution in [3.63, 3.8) is 0 Å². The number of carbonyl (C=O) groups excluding carboxylic acids is 1. The van der Waals surface area contributed by atoms with Crippen LogP contribution in [0.1, 0.15) is 12.8 Å². The van der Waals surface area contributed by atoms with Crippen molar-refractivity contribution in [2.45, 2.75) is 12.8 Å². The summed E-state index contributed by atoms with van der Waals surface area (Å²) in [6.07, 6.45) is 3.24. The Labute approximate surface area is 70.2 Å². The highest BCUT2D eigenvalue weighted by molar-refractivity contribution is 5.79. The molecule has 0 atom stereocenters. The summed E-state index contributed by atoms with van der Waals surface area (Å²) >= 11 is 0. The molecular formula is C7H12N2O3. The molecule has 0 bridgehead atoms. The zero-order chi connectivity index (χ0) is 9.40. The second-order valence-corrected chi connectivity index (χ2v) is 2.20. The molecule has 5 nitrogen and oxygen atoms in total. The normalized spacial score (nSPS) is 10.0. The van der Waals surface area contributed by atoms with E-state index in [1.807, 2.05) is 0 Å². The number of carboxylic acid groups (broad SMARTS) is 1. The van der Waals surface area contributed by atoms with Crippen molar-refractivity contribution in [3.05, 3.63) is 12.3 Å². The summed E-state index contributed by atoms with van der Waals surface area (Å²) in [7, 11) is 0. The van der Waals surface area contributed by atoms with E-state index in [0.29, 0.717) is 19.4 Å². The first kappa shape index (κ1) is 10.5. The van der Waals surface area contributed by atoms with Crippen molar-refractivity contribution in [3.8, 4) is 0 Å². The molecule has 0 aromatic rings. The maximum Gasteiger partial charge on any atom is 0.329 e. The Kier molecular flexibility index (Phi) is 5.42. The predicted molar refractivity (Wildman–Crippen MR) is 43.2 cm³/mol. The molecule has 0 aromatic carbocycles. The van der Waals surface area contributed by atoms with Gasteiger partial charge in [0.25, 0.3) is 0 Å². The van der Waals surface area contributed by atoms with Crippen molar-refractivity contribution >= 4 is 11.9 Å². The van der Waals surface area contributed by atoms with Crippen LogP contribution in [0.5, 0.6) is 0 Å². The van der Waals surface area contributed by atoms with Gasteiger partial charge in [0.15, 0.2) is 0 Å². The molecule has 12 heavy (non-hydrogen) atoms. The summed E-state index contributed by atoms with van der Waals surface area (Å²) in [5, 5.41) is 10.9. The Morgan fingerprint density at radius 3 is 2.67 bits per heavy atom. The lowest BCUT2D eigenvalue weighted by atomic mass is 10.3. The fourth-order valence-corrected chi connectivity index (χ4v) is 0.578. The van der Waals surface area contributed by atoms with E-state index in [0.717, 1.165) is 6.08 Å². The summed E-state index contributed by atoms with van der Waals surface area (Å²) in [5.74, 6) is -1.35. The summed E-state index contributed by atoms with van der Waals surface area (Å²) in [6.45, 7) is 0.548. The van der Waals surface area contributed by atoms with Crippen LogP contribution in [0.2, 0.25) is 0 Å². The molecule has 0 aliphatic heterocycles. The number of amides is 1. The first-order valence-electron chi connectivity index (χ1n) is 3.54. The van der Waals surface area contributed by atoms with Gasteiger partial charge in [-0.3, -0.25) is 4.79 Å². The summed E-state index contributed by atoms with van der Waals surface area (Å²) in [4.78, 5) is 20.2. The van der Waals surface area contributed by atoms with Gasteiger partial charge in [-0.05, 0) is 6.42 Å². The molecule has 1 amide bonds. The third-order valence-corrected chi connectivity index (χ3v) is 1.09. The van der Waals surface area contributed by atoms with Gasteiger partial charge >= 0.3 is 5.97 Å². The summed E-state index contributed by atoms with van der Waals surface area (Å²) in [6, 6.07) is 0. The lowest BCUT2D eigenvalue weighted by molar-refractivity contribution is -0.131. The Bertz CT molecular complexity index is 189. The molecule has 0 heterocycles. The number of hydrogen-bond acceptors (Lipinski definition) is 3. The van der Waals surface area contributed by atoms with Gasteiger partial charge < -0.3 is 16.2 Å². The van der Waals surface area contributed by atoms with Crippen LogP contribution >= 0.6 is 0 Å². The quantitative estimate of drug-likeness (QED) is 0.370. The standard InChI is InChI=1S/C7H12N2O3/c8-6(10)2-1-4-9-5-3-7(11)12/h3,5,9H,1-2,4H2,(H2,8,10)(H,11,12)/b5-3+. The van der Waals surface area contributed by atoms with Crippen LogP contribution in [0.25, 0.3) is 0 Å². The Hall–Kier alpha value is -1.52. The van der Waals surface area contributed by atoms with Crippen molar-refractivity contribution in [1.29, 1.82) is 0 Å². The monoisotopic (exact) mass is 172 g/mol. The maximum absolute atomic E-state index is 10.2. The molecule has 0 spiro atoms. The Balaban J connectivity index is 3.21. The van der Waals surface area contributed by atoms with Gasteiger partial charge in [-0.15, -0.1) is 0 Å². The number of aliphatic carboxylic acids is 1. The molecule has 0 aromatic heterocycles. The highest BCUT2D eigenvalue weighted by atomic mass is 16.4. The molecule has 0 aliphatic carbocycles. The van der Waals surface area contributed by atoms with Crippen molar-refractivity contribution in [2.24, 2.45) is 5.73 Å². The highest BCUT2D eigenvalue weighted by Crippen LogP contribution is 1.83. The topological polar surface area (TPSA) is 92.4 Å². The van der Waals surface area contributed by atoms with E-state index in [9.17, 15) is 9.59 Å². The second-order valence-electron chi connectivity index (χ2n) is 2.20. The van der Waals surface area contributed by atoms with Crippen molar-refractivity contribution in [1.82, 2.24) is 5.32 Å². The number of primary amides is 1. The second kappa shape index (κ2) is 6.21. The number of nitrogens with two attached hydrogens (primary N) is 1. The molecule has 0 saturated heterocycles. The zero-order valence-electron chi connectivity index (χ0n) is 6.62. The minimum absolute atomic E-state index is 0.313. The highest BCUT2D eigenvalue weighted by Gasteiger charge is 1.91. The fraction of sp³-hybridized carbons (Fsp3) is 0.429. The Morgan fingerprint density at radius 2 is 2.17 bits per heavy atom. The molecule has 0 rings (SSSR count). The van der Waals surface area contributed by atoms with Gasteiger partial charge in [-0.1, -0.05) is 0 Å². The molecule has 4 N–H and O–H groups in total.